The first kappa shape index (κ1) is 13.8. The Bertz CT molecular complexity index is 640. The maximum atomic E-state index is 12.1. The van der Waals surface area contributed by atoms with E-state index in [9.17, 15) is 4.79 Å². The Kier molecular flexibility index (Phi) is 3.74. The van der Waals surface area contributed by atoms with Crippen molar-refractivity contribution in [2.75, 3.05) is 6.61 Å². The van der Waals surface area contributed by atoms with Crippen molar-refractivity contribution in [2.24, 2.45) is 7.05 Å². The Balaban J connectivity index is 1.60. The number of carbonyl (C=O) groups excluding carboxylic acids is 1. The minimum Gasteiger partial charge on any atom is -0.368 e. The highest BCUT2D eigenvalue weighted by molar-refractivity contribution is 5.95. The molecule has 0 saturated carbocycles. The summed E-state index contributed by atoms with van der Waals surface area (Å²) >= 11 is 0. The summed E-state index contributed by atoms with van der Waals surface area (Å²) < 4.78 is 12.6. The number of rotatable bonds is 4. The van der Waals surface area contributed by atoms with Crippen molar-refractivity contribution in [2.45, 2.75) is 32.4 Å². The average molecular weight is 290 g/mol. The number of amides is 1. The molecule has 7 heteroatoms. The number of hydrogen-bond donors (Lipinski definition) is 1. The van der Waals surface area contributed by atoms with Gasteiger partial charge in [-0.05, 0) is 25.8 Å². The number of aryl methyl sites for hydroxylation is 1. The fraction of sp³-hybridized carbons (Fsp3) is 0.500. The molecule has 21 heavy (non-hydrogen) atoms. The van der Waals surface area contributed by atoms with Crippen LogP contribution in [0.2, 0.25) is 0 Å². The molecule has 0 bridgehead atoms. The lowest BCUT2D eigenvalue weighted by Gasteiger charge is -2.03. The van der Waals surface area contributed by atoms with Crippen molar-refractivity contribution in [3.8, 4) is 0 Å². The molecule has 112 valence electrons. The number of carbonyl (C=O) groups is 1. The predicted molar refractivity (Wildman–Crippen MR) is 73.5 cm³/mol. The van der Waals surface area contributed by atoms with Crippen LogP contribution in [0.3, 0.4) is 0 Å². The maximum absolute atomic E-state index is 12.1. The van der Waals surface area contributed by atoms with Gasteiger partial charge in [0.1, 0.15) is 6.10 Å². The fourth-order valence-electron chi connectivity index (χ4n) is 2.35. The van der Waals surface area contributed by atoms with Crippen molar-refractivity contribution in [3.63, 3.8) is 0 Å². The van der Waals surface area contributed by atoms with Gasteiger partial charge in [-0.15, -0.1) is 0 Å². The Morgan fingerprint density at radius 3 is 3.10 bits per heavy atom. The summed E-state index contributed by atoms with van der Waals surface area (Å²) in [6, 6.07) is 1.79. The molecule has 3 heterocycles. The Morgan fingerprint density at radius 1 is 1.57 bits per heavy atom. The molecule has 1 aliphatic heterocycles. The molecule has 1 amide bonds. The first-order valence-corrected chi connectivity index (χ1v) is 6.99. The molecular formula is C14H18N4O3. The summed E-state index contributed by atoms with van der Waals surface area (Å²) in [5, 5.41) is 6.66. The smallest absolute Gasteiger partial charge is 0.255 e. The van der Waals surface area contributed by atoms with Gasteiger partial charge in [-0.2, -0.15) is 4.98 Å². The monoisotopic (exact) mass is 290 g/mol. The third kappa shape index (κ3) is 2.82. The molecule has 1 aliphatic rings. The highest BCUT2D eigenvalue weighted by atomic mass is 16.5. The maximum Gasteiger partial charge on any atom is 0.255 e. The second kappa shape index (κ2) is 5.69. The molecular weight excluding hydrogens is 272 g/mol. The zero-order chi connectivity index (χ0) is 14.8. The minimum absolute atomic E-state index is 0.0988. The second-order valence-corrected chi connectivity index (χ2v) is 5.16. The van der Waals surface area contributed by atoms with Crippen molar-refractivity contribution in [3.05, 3.63) is 35.2 Å². The summed E-state index contributed by atoms with van der Waals surface area (Å²) in [4.78, 5) is 16.3. The third-order valence-corrected chi connectivity index (χ3v) is 3.72. The first-order valence-electron chi connectivity index (χ1n) is 6.99. The van der Waals surface area contributed by atoms with Crippen LogP contribution in [-0.2, 0) is 18.3 Å². The van der Waals surface area contributed by atoms with Gasteiger partial charge in [0.2, 0.25) is 0 Å². The molecule has 2 aromatic heterocycles. The highest BCUT2D eigenvalue weighted by Crippen LogP contribution is 2.26. The van der Waals surface area contributed by atoms with Gasteiger partial charge < -0.3 is 19.1 Å². The number of aromatic nitrogens is 3. The lowest BCUT2D eigenvalue weighted by atomic mass is 10.2. The molecule has 0 aliphatic carbocycles. The number of nitrogens with zero attached hydrogens (tertiary/aromatic N) is 3. The Labute approximate surface area is 122 Å². The van der Waals surface area contributed by atoms with Crippen molar-refractivity contribution in [1.82, 2.24) is 20.0 Å². The predicted octanol–water partition coefficient (Wildman–Crippen LogP) is 1.50. The highest BCUT2D eigenvalue weighted by Gasteiger charge is 2.24. The van der Waals surface area contributed by atoms with E-state index in [-0.39, 0.29) is 18.6 Å². The largest absolute Gasteiger partial charge is 0.368 e. The Morgan fingerprint density at radius 2 is 2.43 bits per heavy atom. The quantitative estimate of drug-likeness (QED) is 0.922. The van der Waals surface area contributed by atoms with Crippen LogP contribution in [0, 0.1) is 6.92 Å². The van der Waals surface area contributed by atoms with Gasteiger partial charge in [0.05, 0.1) is 12.1 Å². The molecule has 1 atom stereocenters. The van der Waals surface area contributed by atoms with Gasteiger partial charge in [0, 0.05) is 25.5 Å². The van der Waals surface area contributed by atoms with E-state index in [1.54, 1.807) is 6.07 Å². The lowest BCUT2D eigenvalue weighted by molar-refractivity contribution is 0.0835. The van der Waals surface area contributed by atoms with Crippen LogP contribution in [0.15, 0.2) is 16.8 Å². The van der Waals surface area contributed by atoms with Gasteiger partial charge in [-0.3, -0.25) is 4.79 Å². The van der Waals surface area contributed by atoms with Crippen molar-refractivity contribution >= 4 is 5.91 Å². The third-order valence-electron chi connectivity index (χ3n) is 3.72. The van der Waals surface area contributed by atoms with E-state index < -0.39 is 0 Å². The summed E-state index contributed by atoms with van der Waals surface area (Å²) in [5.41, 5.74) is 1.57. The van der Waals surface area contributed by atoms with Gasteiger partial charge in [0.15, 0.2) is 5.82 Å². The molecule has 0 aromatic carbocycles. The average Bonchev–Trinajstić information content (AvgIpc) is 3.19. The van der Waals surface area contributed by atoms with Crippen LogP contribution in [-0.4, -0.2) is 27.2 Å². The normalized spacial score (nSPS) is 18.1. The molecule has 3 rings (SSSR count). The molecule has 0 radical (unpaired) electrons. The van der Waals surface area contributed by atoms with E-state index >= 15 is 0 Å². The van der Waals surface area contributed by atoms with E-state index in [0.29, 0.717) is 17.3 Å². The lowest BCUT2D eigenvalue weighted by Crippen LogP contribution is -2.24. The van der Waals surface area contributed by atoms with E-state index in [2.05, 4.69) is 15.5 Å². The van der Waals surface area contributed by atoms with Crippen molar-refractivity contribution in [1.29, 1.82) is 0 Å². The SMILES string of the molecule is Cc1c(C(=O)NCc2noc([C@@H]3CCCO3)n2)ccn1C. The second-order valence-electron chi connectivity index (χ2n) is 5.16. The number of hydrogen-bond acceptors (Lipinski definition) is 5. The van der Waals surface area contributed by atoms with Gasteiger partial charge in [-0.25, -0.2) is 0 Å². The van der Waals surface area contributed by atoms with Gasteiger partial charge in [0.25, 0.3) is 11.8 Å². The summed E-state index contributed by atoms with van der Waals surface area (Å²) in [5.74, 6) is 0.812. The molecule has 7 nitrogen and oxygen atoms in total. The van der Waals surface area contributed by atoms with Crippen LogP contribution in [0.4, 0.5) is 0 Å². The topological polar surface area (TPSA) is 82.2 Å². The molecule has 0 unspecified atom stereocenters. The zero-order valence-electron chi connectivity index (χ0n) is 12.1. The van der Waals surface area contributed by atoms with Crippen molar-refractivity contribution < 1.29 is 14.1 Å². The summed E-state index contributed by atoms with van der Waals surface area (Å²) in [6.45, 7) is 2.87. The molecule has 1 saturated heterocycles. The van der Waals surface area contributed by atoms with E-state index in [1.165, 1.54) is 0 Å². The van der Waals surface area contributed by atoms with E-state index in [1.807, 2.05) is 24.7 Å². The number of ether oxygens (including phenoxy) is 1. The van der Waals surface area contributed by atoms with E-state index in [4.69, 9.17) is 9.26 Å². The Hall–Kier alpha value is -2.15. The molecule has 1 N–H and O–H groups in total. The number of nitrogens with one attached hydrogen (secondary N) is 1. The standard InChI is InChI=1S/C14H18N4O3/c1-9-10(5-6-18(9)2)13(19)15-8-12-16-14(21-17-12)11-4-3-7-20-11/h5-6,11H,3-4,7-8H2,1-2H3,(H,15,19)/t11-/m0/s1. The van der Waals surface area contributed by atoms with Gasteiger partial charge in [-0.1, -0.05) is 5.16 Å². The van der Waals surface area contributed by atoms with Crippen LogP contribution in [0.25, 0.3) is 0 Å². The minimum atomic E-state index is -0.142. The van der Waals surface area contributed by atoms with Crippen LogP contribution >= 0.6 is 0 Å². The first-order chi connectivity index (χ1) is 10.1. The molecule has 1 fully saturated rings. The summed E-state index contributed by atoms with van der Waals surface area (Å²) in [7, 11) is 1.90. The summed E-state index contributed by atoms with van der Waals surface area (Å²) in [6.07, 6.45) is 3.66. The van der Waals surface area contributed by atoms with Gasteiger partial charge >= 0.3 is 0 Å². The zero-order valence-corrected chi connectivity index (χ0v) is 12.1. The molecule has 2 aromatic rings. The van der Waals surface area contributed by atoms with Crippen LogP contribution in [0.5, 0.6) is 0 Å². The fourth-order valence-corrected chi connectivity index (χ4v) is 2.35. The van der Waals surface area contributed by atoms with Crippen LogP contribution < -0.4 is 5.32 Å². The molecule has 0 spiro atoms. The van der Waals surface area contributed by atoms with E-state index in [0.717, 1.165) is 25.1 Å². The van der Waals surface area contributed by atoms with Crippen LogP contribution in [0.1, 0.15) is 46.7 Å².